The minimum Gasteiger partial charge on any atom is -0.387 e. The number of rotatable bonds is 3. The van der Waals surface area contributed by atoms with Crippen LogP contribution in [0.4, 0.5) is 0 Å². The van der Waals surface area contributed by atoms with E-state index < -0.39 is 30.7 Å². The van der Waals surface area contributed by atoms with Crippen LogP contribution in [0.15, 0.2) is 11.1 Å². The molecule has 1 aliphatic heterocycles. The molecule has 4 N–H and O–H groups in total. The van der Waals surface area contributed by atoms with Crippen LogP contribution in [0.1, 0.15) is 26.2 Å². The van der Waals surface area contributed by atoms with Crippen molar-refractivity contribution < 1.29 is 29.9 Å². The Hall–Kier alpha value is -0.500. The lowest BCUT2D eigenvalue weighted by atomic mass is 9.79. The molecule has 0 aromatic rings. The zero-order valence-corrected chi connectivity index (χ0v) is 11.2. The third-order valence-corrected chi connectivity index (χ3v) is 3.89. The van der Waals surface area contributed by atoms with Gasteiger partial charge in [-0.05, 0) is 18.4 Å². The van der Waals surface area contributed by atoms with Gasteiger partial charge in [0.15, 0.2) is 6.29 Å². The van der Waals surface area contributed by atoms with Crippen molar-refractivity contribution in [3.8, 4) is 0 Å². The van der Waals surface area contributed by atoms with Gasteiger partial charge in [0, 0.05) is 12.7 Å². The molecule has 0 aromatic heterocycles. The Morgan fingerprint density at radius 1 is 1.16 bits per heavy atom. The van der Waals surface area contributed by atoms with Gasteiger partial charge in [-0.15, -0.1) is 0 Å². The molecule has 0 saturated carbocycles. The number of ether oxygens (including phenoxy) is 2. The van der Waals surface area contributed by atoms with Crippen molar-refractivity contribution in [1.82, 2.24) is 0 Å². The van der Waals surface area contributed by atoms with Crippen molar-refractivity contribution in [1.29, 1.82) is 0 Å². The monoisotopic (exact) mass is 274 g/mol. The average Bonchev–Trinajstić information content (AvgIpc) is 2.42. The predicted octanol–water partition coefficient (Wildman–Crippen LogP) is -0.698. The Morgan fingerprint density at radius 3 is 2.37 bits per heavy atom. The van der Waals surface area contributed by atoms with Gasteiger partial charge in [-0.3, -0.25) is 0 Å². The van der Waals surface area contributed by atoms with Crippen molar-refractivity contribution in [2.45, 2.75) is 63.0 Å². The van der Waals surface area contributed by atoms with Gasteiger partial charge in [-0.2, -0.15) is 0 Å². The fraction of sp³-hybridized carbons (Fsp3) is 0.846. The Labute approximate surface area is 112 Å². The van der Waals surface area contributed by atoms with Gasteiger partial charge in [-0.25, -0.2) is 0 Å². The summed E-state index contributed by atoms with van der Waals surface area (Å²) in [5.74, 6) is 0. The standard InChI is InChI=1S/C13H22O6/c1-3-4-6-5-7-8(13(18-2)19-6)10(15)12(17)11(16)9(7)14/h6,9-17H,3-5H2,1-2H3/t6-,9+,10-,11+,12-,13+/m0/s1. The van der Waals surface area contributed by atoms with Gasteiger partial charge in [0.2, 0.25) is 0 Å². The Bertz CT molecular complexity index is 355. The maximum atomic E-state index is 10.1. The summed E-state index contributed by atoms with van der Waals surface area (Å²) in [5.41, 5.74) is 0.877. The molecule has 0 amide bonds. The van der Waals surface area contributed by atoms with E-state index in [1.54, 1.807) is 0 Å². The molecular weight excluding hydrogens is 252 g/mol. The molecule has 1 heterocycles. The topological polar surface area (TPSA) is 99.4 Å². The fourth-order valence-corrected chi connectivity index (χ4v) is 2.87. The number of methoxy groups -OCH3 is 1. The van der Waals surface area contributed by atoms with Gasteiger partial charge in [-0.1, -0.05) is 13.3 Å². The maximum Gasteiger partial charge on any atom is 0.182 e. The minimum absolute atomic E-state index is 0.113. The minimum atomic E-state index is -1.43. The highest BCUT2D eigenvalue weighted by molar-refractivity contribution is 5.33. The highest BCUT2D eigenvalue weighted by Gasteiger charge is 2.47. The second-order valence-electron chi connectivity index (χ2n) is 5.17. The quantitative estimate of drug-likeness (QED) is 0.508. The van der Waals surface area contributed by atoms with Crippen molar-refractivity contribution >= 4 is 0 Å². The van der Waals surface area contributed by atoms with E-state index in [4.69, 9.17) is 9.47 Å². The first-order valence-electron chi connectivity index (χ1n) is 6.64. The summed E-state index contributed by atoms with van der Waals surface area (Å²) in [7, 11) is 1.44. The van der Waals surface area contributed by atoms with E-state index in [1.165, 1.54) is 7.11 Å². The molecule has 0 radical (unpaired) electrons. The summed E-state index contributed by atoms with van der Waals surface area (Å²) in [6.45, 7) is 2.03. The molecule has 0 bridgehead atoms. The zero-order valence-electron chi connectivity index (χ0n) is 11.2. The Balaban J connectivity index is 2.34. The van der Waals surface area contributed by atoms with Crippen LogP contribution in [0.5, 0.6) is 0 Å². The predicted molar refractivity (Wildman–Crippen MR) is 66.2 cm³/mol. The molecular formula is C13H22O6. The SMILES string of the molecule is CCC[C@H]1CC2=C([C@H](OC)O1)[C@H](O)[C@H](O)[C@H](O)[C@@H]2O. The third kappa shape index (κ3) is 2.56. The van der Waals surface area contributed by atoms with Crippen LogP contribution in [0.25, 0.3) is 0 Å². The molecule has 2 aliphatic rings. The van der Waals surface area contributed by atoms with Crippen molar-refractivity contribution in [3.63, 3.8) is 0 Å². The summed E-state index contributed by atoms with van der Waals surface area (Å²) < 4.78 is 10.9. The van der Waals surface area contributed by atoms with Gasteiger partial charge >= 0.3 is 0 Å². The largest absolute Gasteiger partial charge is 0.387 e. The smallest absolute Gasteiger partial charge is 0.182 e. The summed E-state index contributed by atoms with van der Waals surface area (Å²) in [6, 6.07) is 0. The molecule has 6 atom stereocenters. The highest BCUT2D eigenvalue weighted by Crippen LogP contribution is 2.38. The summed E-state index contributed by atoms with van der Waals surface area (Å²) in [6.07, 6.45) is -4.01. The van der Waals surface area contributed by atoms with E-state index >= 15 is 0 Å². The second kappa shape index (κ2) is 5.87. The van der Waals surface area contributed by atoms with Crippen LogP contribution in [-0.2, 0) is 9.47 Å². The van der Waals surface area contributed by atoms with E-state index in [0.29, 0.717) is 17.6 Å². The zero-order chi connectivity index (χ0) is 14.2. The first-order chi connectivity index (χ1) is 9.01. The first-order valence-corrected chi connectivity index (χ1v) is 6.64. The average molecular weight is 274 g/mol. The lowest BCUT2D eigenvalue weighted by Crippen LogP contribution is -2.55. The summed E-state index contributed by atoms with van der Waals surface area (Å²) in [4.78, 5) is 0. The van der Waals surface area contributed by atoms with Gasteiger partial charge in [0.25, 0.3) is 0 Å². The molecule has 6 nitrogen and oxygen atoms in total. The Kier molecular flexibility index (Phi) is 4.60. The van der Waals surface area contributed by atoms with Crippen LogP contribution in [0.3, 0.4) is 0 Å². The molecule has 0 fully saturated rings. The van der Waals surface area contributed by atoms with Crippen molar-refractivity contribution in [2.75, 3.05) is 7.11 Å². The normalized spacial score (nSPS) is 43.3. The molecule has 1 aliphatic carbocycles. The van der Waals surface area contributed by atoms with E-state index in [2.05, 4.69) is 0 Å². The van der Waals surface area contributed by atoms with Crippen LogP contribution >= 0.6 is 0 Å². The molecule has 0 aromatic carbocycles. The first kappa shape index (κ1) is 14.9. The van der Waals surface area contributed by atoms with Crippen LogP contribution in [-0.4, -0.2) is 64.3 Å². The second-order valence-corrected chi connectivity index (χ2v) is 5.17. The van der Waals surface area contributed by atoms with Gasteiger partial charge in [0.05, 0.1) is 6.10 Å². The molecule has 0 unspecified atom stereocenters. The molecule has 19 heavy (non-hydrogen) atoms. The van der Waals surface area contributed by atoms with E-state index in [-0.39, 0.29) is 6.10 Å². The van der Waals surface area contributed by atoms with Crippen molar-refractivity contribution in [3.05, 3.63) is 11.1 Å². The van der Waals surface area contributed by atoms with E-state index in [9.17, 15) is 20.4 Å². The number of hydrogen-bond acceptors (Lipinski definition) is 6. The molecule has 0 spiro atoms. The van der Waals surface area contributed by atoms with E-state index in [1.807, 2.05) is 6.92 Å². The van der Waals surface area contributed by atoms with Crippen LogP contribution < -0.4 is 0 Å². The molecule has 0 saturated heterocycles. The molecule has 2 rings (SSSR count). The highest BCUT2D eigenvalue weighted by atomic mass is 16.7. The molecule has 6 heteroatoms. The van der Waals surface area contributed by atoms with E-state index in [0.717, 1.165) is 12.8 Å². The fourth-order valence-electron chi connectivity index (χ4n) is 2.87. The summed E-state index contributed by atoms with van der Waals surface area (Å²) >= 11 is 0. The number of aliphatic hydroxyl groups excluding tert-OH is 4. The van der Waals surface area contributed by atoms with Gasteiger partial charge < -0.3 is 29.9 Å². The van der Waals surface area contributed by atoms with Crippen LogP contribution in [0, 0.1) is 0 Å². The lowest BCUT2D eigenvalue weighted by molar-refractivity contribution is -0.176. The summed E-state index contributed by atoms with van der Waals surface area (Å²) in [5, 5.41) is 39.6. The maximum absolute atomic E-state index is 10.1. The number of aliphatic hydroxyl groups is 4. The number of hydrogen-bond donors (Lipinski definition) is 4. The van der Waals surface area contributed by atoms with Gasteiger partial charge in [0.1, 0.15) is 24.4 Å². The third-order valence-electron chi connectivity index (χ3n) is 3.89. The lowest BCUT2D eigenvalue weighted by Gasteiger charge is -2.43. The van der Waals surface area contributed by atoms with Crippen molar-refractivity contribution in [2.24, 2.45) is 0 Å². The molecule has 110 valence electrons. The van der Waals surface area contributed by atoms with Crippen LogP contribution in [0.2, 0.25) is 0 Å². The Morgan fingerprint density at radius 2 is 1.79 bits per heavy atom.